The number of nitro groups is 1. The highest BCUT2D eigenvalue weighted by Crippen LogP contribution is 2.15. The predicted octanol–water partition coefficient (Wildman–Crippen LogP) is 3.08. The lowest BCUT2D eigenvalue weighted by molar-refractivity contribution is -0.384. The molecule has 26 heavy (non-hydrogen) atoms. The van der Waals surface area contributed by atoms with E-state index in [1.807, 2.05) is 30.3 Å². The Morgan fingerprint density at radius 3 is 2.69 bits per heavy atom. The number of non-ortho nitro benzene ring substituents is 1. The van der Waals surface area contributed by atoms with Crippen LogP contribution in [0.5, 0.6) is 0 Å². The minimum Gasteiger partial charge on any atom is -0.445 e. The maximum atomic E-state index is 11.6. The quantitative estimate of drug-likeness (QED) is 0.283. The van der Waals surface area contributed by atoms with Crippen molar-refractivity contribution in [3.63, 3.8) is 0 Å². The van der Waals surface area contributed by atoms with E-state index in [2.05, 4.69) is 17.2 Å². The third kappa shape index (κ3) is 6.09. The number of ether oxygens (including phenoxy) is 1. The van der Waals surface area contributed by atoms with E-state index in [9.17, 15) is 19.7 Å². The summed E-state index contributed by atoms with van der Waals surface area (Å²) in [7, 11) is 0. The average molecular weight is 352 g/mol. The zero-order valence-corrected chi connectivity index (χ0v) is 13.8. The van der Waals surface area contributed by atoms with Gasteiger partial charge in [0.25, 0.3) is 5.69 Å². The number of hydrogen-bond acceptors (Lipinski definition) is 5. The Kier molecular flexibility index (Phi) is 6.89. The molecule has 0 aliphatic heterocycles. The summed E-state index contributed by atoms with van der Waals surface area (Å²) in [5, 5.41) is 13.4. The molecule has 7 nitrogen and oxygen atoms in total. The van der Waals surface area contributed by atoms with Crippen LogP contribution < -0.4 is 5.32 Å². The largest absolute Gasteiger partial charge is 0.445 e. The number of hydrogen-bond donors (Lipinski definition) is 1. The summed E-state index contributed by atoms with van der Waals surface area (Å²) < 4.78 is 5.05. The first-order valence-electron chi connectivity index (χ1n) is 7.76. The van der Waals surface area contributed by atoms with Crippen LogP contribution in [-0.4, -0.2) is 23.8 Å². The second-order valence-electron chi connectivity index (χ2n) is 5.23. The minimum atomic E-state index is -0.581. The normalized spacial score (nSPS) is 9.54. The third-order valence-corrected chi connectivity index (χ3v) is 3.25. The summed E-state index contributed by atoms with van der Waals surface area (Å²) in [4.78, 5) is 32.6. The summed E-state index contributed by atoms with van der Waals surface area (Å²) in [6, 6.07) is 13.2. The summed E-state index contributed by atoms with van der Waals surface area (Å²) in [6.07, 6.45) is 0.316. The molecular formula is C19H16N2O5. The van der Waals surface area contributed by atoms with E-state index in [1.165, 1.54) is 18.2 Å². The van der Waals surface area contributed by atoms with Crippen LogP contribution in [-0.2, 0) is 11.3 Å². The van der Waals surface area contributed by atoms with Crippen LogP contribution >= 0.6 is 0 Å². The van der Waals surface area contributed by atoms with Crippen LogP contribution in [0.4, 0.5) is 10.5 Å². The molecule has 0 unspecified atom stereocenters. The topological polar surface area (TPSA) is 98.5 Å². The van der Waals surface area contributed by atoms with Gasteiger partial charge in [-0.2, -0.15) is 0 Å². The lowest BCUT2D eigenvalue weighted by Crippen LogP contribution is -2.24. The molecule has 0 atom stereocenters. The Bertz CT molecular complexity index is 853. The Morgan fingerprint density at radius 2 is 2.00 bits per heavy atom. The van der Waals surface area contributed by atoms with Crippen molar-refractivity contribution >= 4 is 18.1 Å². The van der Waals surface area contributed by atoms with Crippen LogP contribution in [0, 0.1) is 22.0 Å². The molecule has 2 aromatic rings. The van der Waals surface area contributed by atoms with E-state index < -0.39 is 11.0 Å². The van der Waals surface area contributed by atoms with E-state index in [0.717, 1.165) is 5.56 Å². The van der Waals surface area contributed by atoms with Crippen molar-refractivity contribution in [2.45, 2.75) is 13.0 Å². The maximum absolute atomic E-state index is 11.6. The summed E-state index contributed by atoms with van der Waals surface area (Å²) >= 11 is 0. The second kappa shape index (κ2) is 9.59. The Hall–Kier alpha value is -3.66. The zero-order valence-electron chi connectivity index (χ0n) is 13.8. The highest BCUT2D eigenvalue weighted by molar-refractivity contribution is 5.77. The molecule has 0 aliphatic carbocycles. The van der Waals surface area contributed by atoms with Gasteiger partial charge in [-0.05, 0) is 11.6 Å². The molecule has 0 fully saturated rings. The third-order valence-electron chi connectivity index (χ3n) is 3.25. The van der Waals surface area contributed by atoms with Crippen molar-refractivity contribution in [1.82, 2.24) is 5.32 Å². The second-order valence-corrected chi connectivity index (χ2v) is 5.23. The number of alkyl carbamates (subject to hydrolysis) is 1. The number of nitrogens with one attached hydrogen (secondary N) is 1. The van der Waals surface area contributed by atoms with Gasteiger partial charge in [-0.3, -0.25) is 14.9 Å². The van der Waals surface area contributed by atoms with Gasteiger partial charge in [0.2, 0.25) is 0 Å². The number of carbonyl (C=O) groups is 2. The van der Waals surface area contributed by atoms with E-state index >= 15 is 0 Å². The first kappa shape index (κ1) is 18.7. The van der Waals surface area contributed by atoms with E-state index in [4.69, 9.17) is 4.74 Å². The van der Waals surface area contributed by atoms with E-state index in [1.54, 1.807) is 0 Å². The molecule has 7 heteroatoms. The number of aldehydes is 1. The fraction of sp³-hybridized carbons (Fsp3) is 0.158. The van der Waals surface area contributed by atoms with Crippen LogP contribution in [0.2, 0.25) is 0 Å². The molecule has 0 saturated heterocycles. The van der Waals surface area contributed by atoms with Gasteiger partial charge in [0.1, 0.15) is 12.9 Å². The molecular weight excluding hydrogens is 336 g/mol. The standard InChI is InChI=1S/C19H16N2O5/c22-13-17-10-16(11-18(12-17)21(24)25)8-4-5-9-20-19(23)26-14-15-6-2-1-3-7-15/h1-3,6-7,10-13H,5,9,14H2,(H,20,23). The Labute approximate surface area is 150 Å². The van der Waals surface area contributed by atoms with Gasteiger partial charge in [0.15, 0.2) is 0 Å². The van der Waals surface area contributed by atoms with Crippen LogP contribution in [0.1, 0.15) is 27.9 Å². The minimum absolute atomic E-state index is 0.181. The lowest BCUT2D eigenvalue weighted by Gasteiger charge is -2.05. The van der Waals surface area contributed by atoms with Crippen molar-refractivity contribution < 1.29 is 19.2 Å². The van der Waals surface area contributed by atoms with Gasteiger partial charge in [0.05, 0.1) is 4.92 Å². The number of amides is 1. The van der Waals surface area contributed by atoms with Crippen LogP contribution in [0.25, 0.3) is 0 Å². The SMILES string of the molecule is O=Cc1cc(C#CCCNC(=O)OCc2ccccc2)cc([N+](=O)[O-])c1. The van der Waals surface area contributed by atoms with Gasteiger partial charge in [-0.1, -0.05) is 42.2 Å². The van der Waals surface area contributed by atoms with Crippen molar-refractivity contribution in [3.8, 4) is 11.8 Å². The van der Waals surface area contributed by atoms with Gasteiger partial charge >= 0.3 is 6.09 Å². The fourth-order valence-electron chi connectivity index (χ4n) is 2.05. The molecule has 0 radical (unpaired) electrons. The first-order chi connectivity index (χ1) is 12.6. The molecule has 2 rings (SSSR count). The maximum Gasteiger partial charge on any atom is 0.407 e. The zero-order chi connectivity index (χ0) is 18.8. The summed E-state index contributed by atoms with van der Waals surface area (Å²) in [6.45, 7) is 0.455. The molecule has 1 N–H and O–H groups in total. The average Bonchev–Trinajstić information content (AvgIpc) is 2.66. The molecule has 0 aromatic heterocycles. The van der Waals surface area contributed by atoms with Gasteiger partial charge < -0.3 is 10.1 Å². The molecule has 0 bridgehead atoms. The summed E-state index contributed by atoms with van der Waals surface area (Å²) in [5.41, 5.74) is 1.25. The first-order valence-corrected chi connectivity index (χ1v) is 7.76. The van der Waals surface area contributed by atoms with Gasteiger partial charge in [-0.25, -0.2) is 4.79 Å². The number of rotatable bonds is 6. The summed E-state index contributed by atoms with van der Waals surface area (Å²) in [5.74, 6) is 5.53. The molecule has 132 valence electrons. The molecule has 2 aromatic carbocycles. The monoisotopic (exact) mass is 352 g/mol. The lowest BCUT2D eigenvalue weighted by atomic mass is 10.1. The van der Waals surface area contributed by atoms with E-state index in [-0.39, 0.29) is 24.4 Å². The van der Waals surface area contributed by atoms with Crippen molar-refractivity contribution in [2.24, 2.45) is 0 Å². The molecule has 0 heterocycles. The Balaban J connectivity index is 1.79. The molecule has 0 saturated carbocycles. The highest BCUT2D eigenvalue weighted by Gasteiger charge is 2.08. The number of benzene rings is 2. The van der Waals surface area contributed by atoms with E-state index in [0.29, 0.717) is 18.3 Å². The highest BCUT2D eigenvalue weighted by atomic mass is 16.6. The number of nitrogens with zero attached hydrogens (tertiary/aromatic N) is 1. The fourth-order valence-corrected chi connectivity index (χ4v) is 2.05. The van der Waals surface area contributed by atoms with Crippen molar-refractivity contribution in [1.29, 1.82) is 0 Å². The van der Waals surface area contributed by atoms with Gasteiger partial charge in [0, 0.05) is 36.2 Å². The molecule has 1 amide bonds. The van der Waals surface area contributed by atoms with Crippen molar-refractivity contribution in [3.05, 3.63) is 75.3 Å². The van der Waals surface area contributed by atoms with Crippen molar-refractivity contribution in [2.75, 3.05) is 6.54 Å². The number of nitro benzene ring substituents is 1. The van der Waals surface area contributed by atoms with Crippen LogP contribution in [0.3, 0.4) is 0 Å². The number of carbonyl (C=O) groups excluding carboxylic acids is 2. The smallest absolute Gasteiger partial charge is 0.407 e. The molecule has 0 spiro atoms. The van der Waals surface area contributed by atoms with Gasteiger partial charge in [-0.15, -0.1) is 0 Å². The Morgan fingerprint density at radius 1 is 1.23 bits per heavy atom. The molecule has 0 aliphatic rings. The predicted molar refractivity (Wildman–Crippen MR) is 94.6 cm³/mol. The van der Waals surface area contributed by atoms with Crippen LogP contribution in [0.15, 0.2) is 48.5 Å².